The molecule has 2 aromatic carbocycles. The Morgan fingerprint density at radius 1 is 0.950 bits per heavy atom. The number of aromatic nitrogens is 1. The van der Waals surface area contributed by atoms with E-state index in [1.165, 1.54) is 0 Å². The molecule has 20 heavy (non-hydrogen) atoms. The maximum Gasteiger partial charge on any atom is 0.138 e. The fourth-order valence-corrected chi connectivity index (χ4v) is 2.32. The second kappa shape index (κ2) is 5.00. The van der Waals surface area contributed by atoms with Gasteiger partial charge in [0.05, 0.1) is 24.2 Å². The zero-order chi connectivity index (χ0) is 14.1. The van der Waals surface area contributed by atoms with E-state index in [1.54, 1.807) is 7.11 Å². The predicted molar refractivity (Wildman–Crippen MR) is 81.6 cm³/mol. The van der Waals surface area contributed by atoms with Crippen LogP contribution in [-0.4, -0.2) is 18.2 Å². The number of pyridine rings is 1. The van der Waals surface area contributed by atoms with Gasteiger partial charge in [0.1, 0.15) is 11.5 Å². The molecule has 0 saturated heterocycles. The molecule has 0 aliphatic rings. The Morgan fingerprint density at radius 3 is 2.45 bits per heavy atom. The van der Waals surface area contributed by atoms with Crippen LogP contribution in [0.2, 0.25) is 0 Å². The summed E-state index contributed by atoms with van der Waals surface area (Å²) in [7, 11) is 1.67. The predicted octanol–water partition coefficient (Wildman–Crippen LogP) is 4.18. The summed E-state index contributed by atoms with van der Waals surface area (Å²) in [6.45, 7) is 4.06. The molecule has 3 heteroatoms. The van der Waals surface area contributed by atoms with E-state index in [4.69, 9.17) is 9.47 Å². The van der Waals surface area contributed by atoms with Gasteiger partial charge in [-0.25, -0.2) is 4.98 Å². The molecule has 0 amide bonds. The number of ether oxygens (including phenoxy) is 2. The number of fused-ring (bicyclic) bond motifs is 2. The van der Waals surface area contributed by atoms with Gasteiger partial charge in [0, 0.05) is 10.8 Å². The minimum Gasteiger partial charge on any atom is -0.497 e. The first-order valence-corrected chi connectivity index (χ1v) is 6.72. The summed E-state index contributed by atoms with van der Waals surface area (Å²) in [6.07, 6.45) is 0.107. The van der Waals surface area contributed by atoms with Crippen LogP contribution in [0, 0.1) is 0 Å². The molecule has 0 saturated carbocycles. The molecule has 0 spiro atoms. The molecule has 0 bridgehead atoms. The fraction of sp³-hybridized carbons (Fsp3) is 0.235. The van der Waals surface area contributed by atoms with Crippen LogP contribution in [0.15, 0.2) is 42.5 Å². The van der Waals surface area contributed by atoms with Gasteiger partial charge in [-0.15, -0.1) is 0 Å². The molecule has 1 aromatic heterocycles. The second-order valence-electron chi connectivity index (χ2n) is 5.01. The van der Waals surface area contributed by atoms with Crippen molar-refractivity contribution in [2.24, 2.45) is 0 Å². The van der Waals surface area contributed by atoms with Gasteiger partial charge >= 0.3 is 0 Å². The lowest BCUT2D eigenvalue weighted by molar-refractivity contribution is 0.248. The van der Waals surface area contributed by atoms with Gasteiger partial charge in [0.15, 0.2) is 0 Å². The molecular weight excluding hydrogens is 250 g/mol. The highest BCUT2D eigenvalue weighted by molar-refractivity contribution is 6.01. The lowest BCUT2D eigenvalue weighted by Crippen LogP contribution is -2.06. The van der Waals surface area contributed by atoms with Crippen molar-refractivity contribution in [3.05, 3.63) is 42.5 Å². The van der Waals surface area contributed by atoms with Crippen LogP contribution in [0.1, 0.15) is 13.8 Å². The standard InChI is InChI=1S/C17H17NO2/c1-11(2)20-17-13-6-4-5-7-15(13)18-16-9-8-12(19-3)10-14(16)17/h4-11H,1-3H3. The van der Waals surface area contributed by atoms with Crippen LogP contribution in [0.3, 0.4) is 0 Å². The van der Waals surface area contributed by atoms with Gasteiger partial charge in [0.2, 0.25) is 0 Å². The Bertz CT molecular complexity index is 765. The van der Waals surface area contributed by atoms with Gasteiger partial charge in [-0.1, -0.05) is 12.1 Å². The first-order valence-electron chi connectivity index (χ1n) is 6.72. The lowest BCUT2D eigenvalue weighted by atomic mass is 10.1. The molecule has 0 aliphatic carbocycles. The molecule has 0 fully saturated rings. The Hall–Kier alpha value is -2.29. The number of hydrogen-bond donors (Lipinski definition) is 0. The molecular formula is C17H17NO2. The SMILES string of the molecule is COc1ccc2nc3ccccc3c(OC(C)C)c2c1. The van der Waals surface area contributed by atoms with Crippen molar-refractivity contribution in [1.82, 2.24) is 4.98 Å². The zero-order valence-corrected chi connectivity index (χ0v) is 11.9. The first kappa shape index (κ1) is 12.7. The molecule has 3 nitrogen and oxygen atoms in total. The molecule has 3 rings (SSSR count). The molecule has 0 unspecified atom stereocenters. The summed E-state index contributed by atoms with van der Waals surface area (Å²) in [6, 6.07) is 13.9. The topological polar surface area (TPSA) is 31.4 Å². The smallest absolute Gasteiger partial charge is 0.138 e. The summed E-state index contributed by atoms with van der Waals surface area (Å²) in [5, 5.41) is 2.01. The van der Waals surface area contributed by atoms with E-state index in [-0.39, 0.29) is 6.10 Å². The molecule has 0 radical (unpaired) electrons. The molecule has 1 heterocycles. The van der Waals surface area contributed by atoms with Crippen LogP contribution in [0.25, 0.3) is 21.8 Å². The number of nitrogens with zero attached hydrogens (tertiary/aromatic N) is 1. The lowest BCUT2D eigenvalue weighted by Gasteiger charge is -2.15. The Balaban J connectivity index is 2.38. The van der Waals surface area contributed by atoms with E-state index in [1.807, 2.05) is 56.3 Å². The molecule has 0 aliphatic heterocycles. The van der Waals surface area contributed by atoms with Crippen LogP contribution in [0.5, 0.6) is 11.5 Å². The van der Waals surface area contributed by atoms with Crippen molar-refractivity contribution in [2.45, 2.75) is 20.0 Å². The molecule has 0 atom stereocenters. The molecule has 0 N–H and O–H groups in total. The van der Waals surface area contributed by atoms with E-state index in [0.717, 1.165) is 33.3 Å². The largest absolute Gasteiger partial charge is 0.497 e. The van der Waals surface area contributed by atoms with E-state index < -0.39 is 0 Å². The first-order chi connectivity index (χ1) is 9.69. The van der Waals surface area contributed by atoms with Gasteiger partial charge in [0.25, 0.3) is 0 Å². The Kier molecular flexibility index (Phi) is 3.18. The summed E-state index contributed by atoms with van der Waals surface area (Å²) < 4.78 is 11.4. The fourth-order valence-electron chi connectivity index (χ4n) is 2.32. The highest BCUT2D eigenvalue weighted by Crippen LogP contribution is 2.35. The summed E-state index contributed by atoms with van der Waals surface area (Å²) in [5.41, 5.74) is 1.86. The van der Waals surface area contributed by atoms with E-state index in [9.17, 15) is 0 Å². The Labute approximate surface area is 118 Å². The number of rotatable bonds is 3. The monoisotopic (exact) mass is 267 g/mol. The quantitative estimate of drug-likeness (QED) is 0.667. The van der Waals surface area contributed by atoms with Gasteiger partial charge in [-0.3, -0.25) is 0 Å². The Morgan fingerprint density at radius 2 is 1.70 bits per heavy atom. The second-order valence-corrected chi connectivity index (χ2v) is 5.01. The normalized spacial score (nSPS) is 11.2. The third kappa shape index (κ3) is 2.16. The van der Waals surface area contributed by atoms with Crippen molar-refractivity contribution in [2.75, 3.05) is 7.11 Å². The van der Waals surface area contributed by atoms with Crippen LogP contribution in [-0.2, 0) is 0 Å². The van der Waals surface area contributed by atoms with Crippen molar-refractivity contribution >= 4 is 21.8 Å². The van der Waals surface area contributed by atoms with Crippen molar-refractivity contribution < 1.29 is 9.47 Å². The highest BCUT2D eigenvalue weighted by atomic mass is 16.5. The summed E-state index contributed by atoms with van der Waals surface area (Å²) >= 11 is 0. The minimum absolute atomic E-state index is 0.107. The van der Waals surface area contributed by atoms with Gasteiger partial charge < -0.3 is 9.47 Å². The highest BCUT2D eigenvalue weighted by Gasteiger charge is 2.12. The van der Waals surface area contributed by atoms with E-state index in [2.05, 4.69) is 4.98 Å². The molecule has 102 valence electrons. The van der Waals surface area contributed by atoms with E-state index >= 15 is 0 Å². The van der Waals surface area contributed by atoms with Crippen molar-refractivity contribution in [1.29, 1.82) is 0 Å². The average molecular weight is 267 g/mol. The number of benzene rings is 2. The van der Waals surface area contributed by atoms with Crippen LogP contribution >= 0.6 is 0 Å². The maximum atomic E-state index is 6.04. The van der Waals surface area contributed by atoms with E-state index in [0.29, 0.717) is 0 Å². The number of methoxy groups -OCH3 is 1. The van der Waals surface area contributed by atoms with Gasteiger partial charge in [-0.2, -0.15) is 0 Å². The summed E-state index contributed by atoms with van der Waals surface area (Å²) in [4.78, 5) is 4.69. The maximum absolute atomic E-state index is 6.04. The zero-order valence-electron chi connectivity index (χ0n) is 11.9. The number of para-hydroxylation sites is 1. The van der Waals surface area contributed by atoms with Crippen LogP contribution < -0.4 is 9.47 Å². The summed E-state index contributed by atoms with van der Waals surface area (Å²) in [5.74, 6) is 1.68. The average Bonchev–Trinajstić information content (AvgIpc) is 2.46. The van der Waals surface area contributed by atoms with Crippen molar-refractivity contribution in [3.8, 4) is 11.5 Å². The van der Waals surface area contributed by atoms with Gasteiger partial charge in [-0.05, 0) is 44.2 Å². The molecule has 3 aromatic rings. The van der Waals surface area contributed by atoms with Crippen LogP contribution in [0.4, 0.5) is 0 Å². The third-order valence-corrected chi connectivity index (χ3v) is 3.19. The number of hydrogen-bond acceptors (Lipinski definition) is 3. The minimum atomic E-state index is 0.107. The third-order valence-electron chi connectivity index (χ3n) is 3.19. The van der Waals surface area contributed by atoms with Crippen molar-refractivity contribution in [3.63, 3.8) is 0 Å².